The van der Waals surface area contributed by atoms with Gasteiger partial charge in [-0.3, -0.25) is 9.69 Å². The highest BCUT2D eigenvalue weighted by atomic mass is 16.5. The predicted molar refractivity (Wildman–Crippen MR) is 129 cm³/mol. The maximum atomic E-state index is 13.7. The molecule has 2 aromatic carbocycles. The number of para-hydroxylation sites is 1. The fourth-order valence-electron chi connectivity index (χ4n) is 4.57. The topological polar surface area (TPSA) is 89.5 Å². The number of ether oxygens (including phenoxy) is 1. The van der Waals surface area contributed by atoms with Gasteiger partial charge in [0, 0.05) is 39.0 Å². The van der Waals surface area contributed by atoms with E-state index < -0.39 is 6.04 Å². The second kappa shape index (κ2) is 9.74. The summed E-state index contributed by atoms with van der Waals surface area (Å²) in [6.07, 6.45) is 1.57. The second-order valence-corrected chi connectivity index (χ2v) is 8.53. The van der Waals surface area contributed by atoms with Crippen molar-refractivity contribution in [2.24, 2.45) is 0 Å². The van der Waals surface area contributed by atoms with Crippen molar-refractivity contribution in [3.8, 4) is 0 Å². The third-order valence-corrected chi connectivity index (χ3v) is 6.36. The van der Waals surface area contributed by atoms with E-state index in [2.05, 4.69) is 49.6 Å². The van der Waals surface area contributed by atoms with E-state index in [9.17, 15) is 4.79 Å². The zero-order chi connectivity index (χ0) is 23.5. The van der Waals surface area contributed by atoms with Crippen LogP contribution in [-0.4, -0.2) is 65.0 Å². The fourth-order valence-corrected chi connectivity index (χ4v) is 4.57. The van der Waals surface area contributed by atoms with Crippen LogP contribution >= 0.6 is 0 Å². The van der Waals surface area contributed by atoms with Crippen molar-refractivity contribution in [3.05, 3.63) is 82.0 Å². The molecule has 4 aromatic rings. The number of hydrogen-bond donors (Lipinski definition) is 0. The molecule has 176 valence electrons. The third kappa shape index (κ3) is 4.32. The van der Waals surface area contributed by atoms with E-state index in [1.54, 1.807) is 18.1 Å². The Morgan fingerprint density at radius 2 is 1.88 bits per heavy atom. The first-order valence-electron chi connectivity index (χ1n) is 11.5. The van der Waals surface area contributed by atoms with E-state index in [0.29, 0.717) is 35.5 Å². The first-order chi connectivity index (χ1) is 16.7. The molecule has 1 aliphatic heterocycles. The molecule has 0 unspecified atom stereocenters. The molecular formula is C25H28N6O3. The first kappa shape index (κ1) is 22.2. The van der Waals surface area contributed by atoms with Gasteiger partial charge in [0.15, 0.2) is 11.3 Å². The molecule has 1 atom stereocenters. The van der Waals surface area contributed by atoms with Crippen molar-refractivity contribution in [3.63, 3.8) is 0 Å². The highest BCUT2D eigenvalue weighted by Crippen LogP contribution is 2.29. The van der Waals surface area contributed by atoms with E-state index in [1.807, 2.05) is 31.2 Å². The van der Waals surface area contributed by atoms with Crippen LogP contribution in [0.2, 0.25) is 0 Å². The van der Waals surface area contributed by atoms with E-state index in [4.69, 9.17) is 9.15 Å². The number of anilines is 1. The lowest BCUT2D eigenvalue weighted by Gasteiger charge is -2.39. The second-order valence-electron chi connectivity index (χ2n) is 8.53. The normalized spacial score (nSPS) is 15.6. The van der Waals surface area contributed by atoms with Gasteiger partial charge < -0.3 is 14.1 Å². The Balaban J connectivity index is 1.53. The quantitative estimate of drug-likeness (QED) is 0.416. The van der Waals surface area contributed by atoms with Gasteiger partial charge in [-0.05, 0) is 41.6 Å². The molecule has 34 heavy (non-hydrogen) atoms. The van der Waals surface area contributed by atoms with Gasteiger partial charge in [-0.1, -0.05) is 29.8 Å². The average molecular weight is 461 g/mol. The maximum Gasteiger partial charge on any atom is 0.197 e. The number of benzene rings is 2. The van der Waals surface area contributed by atoms with Crippen LogP contribution in [0.5, 0.6) is 0 Å². The molecule has 5 rings (SSSR count). The monoisotopic (exact) mass is 460 g/mol. The van der Waals surface area contributed by atoms with Crippen LogP contribution in [0.1, 0.15) is 23.0 Å². The molecule has 0 bridgehead atoms. The minimum absolute atomic E-state index is 0.0540. The molecule has 0 spiro atoms. The van der Waals surface area contributed by atoms with Gasteiger partial charge in [0.2, 0.25) is 0 Å². The number of fused-ring (bicyclic) bond motifs is 1. The SMILES string of the molecule is COCCn1nnnc1[C@@H](c1coc2ccc(C)cc2c1=O)N1CCN(c2ccccc2)CC1. The Bertz CT molecular complexity index is 1310. The Morgan fingerprint density at radius 1 is 1.09 bits per heavy atom. The number of rotatable bonds is 7. The summed E-state index contributed by atoms with van der Waals surface area (Å²) in [6.45, 7) is 6.10. The lowest BCUT2D eigenvalue weighted by atomic mass is 10.0. The van der Waals surface area contributed by atoms with Crippen molar-refractivity contribution in [1.29, 1.82) is 0 Å². The summed E-state index contributed by atoms with van der Waals surface area (Å²) < 4.78 is 12.9. The van der Waals surface area contributed by atoms with E-state index in [-0.39, 0.29) is 5.43 Å². The average Bonchev–Trinajstić information content (AvgIpc) is 3.33. The molecule has 9 nitrogen and oxygen atoms in total. The molecule has 1 fully saturated rings. The molecule has 1 aliphatic rings. The van der Waals surface area contributed by atoms with Crippen LogP contribution < -0.4 is 10.3 Å². The van der Waals surface area contributed by atoms with Gasteiger partial charge in [-0.25, -0.2) is 4.68 Å². The summed E-state index contributed by atoms with van der Waals surface area (Å²) in [7, 11) is 1.64. The molecule has 0 aliphatic carbocycles. The van der Waals surface area contributed by atoms with Crippen LogP contribution in [0.25, 0.3) is 11.0 Å². The van der Waals surface area contributed by atoms with Crippen LogP contribution in [0, 0.1) is 6.92 Å². The van der Waals surface area contributed by atoms with Crippen molar-refractivity contribution < 1.29 is 9.15 Å². The molecule has 9 heteroatoms. The molecule has 1 saturated heterocycles. The fraction of sp³-hybridized carbons (Fsp3) is 0.360. The van der Waals surface area contributed by atoms with Gasteiger partial charge >= 0.3 is 0 Å². The minimum atomic E-state index is -0.425. The number of hydrogen-bond acceptors (Lipinski definition) is 8. The number of piperazine rings is 1. The molecule has 0 amide bonds. The summed E-state index contributed by atoms with van der Waals surface area (Å²) in [5, 5.41) is 13.0. The van der Waals surface area contributed by atoms with Crippen LogP contribution in [0.4, 0.5) is 5.69 Å². The summed E-state index contributed by atoms with van der Waals surface area (Å²) in [5.41, 5.74) is 3.27. The van der Waals surface area contributed by atoms with Crippen molar-refractivity contribution in [1.82, 2.24) is 25.1 Å². The Labute approximate surface area is 197 Å². The number of nitrogens with zero attached hydrogens (tertiary/aromatic N) is 6. The van der Waals surface area contributed by atoms with Gasteiger partial charge in [0.25, 0.3) is 0 Å². The standard InChI is InChI=1S/C25H28N6O3/c1-18-8-9-22-20(16-18)24(32)21(17-34-22)23(25-26-27-28-31(25)14-15-33-2)30-12-10-29(11-13-30)19-6-4-3-5-7-19/h3-9,16-17,23H,10-15H2,1-2H3/t23-/m1/s1. The van der Waals surface area contributed by atoms with Gasteiger partial charge in [-0.2, -0.15) is 0 Å². The molecule has 0 N–H and O–H groups in total. The molecule has 0 saturated carbocycles. The number of aromatic nitrogens is 4. The smallest absolute Gasteiger partial charge is 0.197 e. The van der Waals surface area contributed by atoms with Gasteiger partial charge in [0.1, 0.15) is 17.9 Å². The lowest BCUT2D eigenvalue weighted by Crippen LogP contribution is -2.49. The van der Waals surface area contributed by atoms with E-state index in [0.717, 1.165) is 31.7 Å². The zero-order valence-electron chi connectivity index (χ0n) is 19.4. The summed E-state index contributed by atoms with van der Waals surface area (Å²) >= 11 is 0. The summed E-state index contributed by atoms with van der Waals surface area (Å²) in [5.74, 6) is 0.615. The minimum Gasteiger partial charge on any atom is -0.464 e. The third-order valence-electron chi connectivity index (χ3n) is 6.36. The summed E-state index contributed by atoms with van der Waals surface area (Å²) in [6, 6.07) is 15.6. The highest BCUT2D eigenvalue weighted by Gasteiger charge is 2.33. The lowest BCUT2D eigenvalue weighted by molar-refractivity contribution is 0.171. The van der Waals surface area contributed by atoms with Crippen molar-refractivity contribution in [2.75, 3.05) is 44.8 Å². The Hall–Kier alpha value is -3.56. The Morgan fingerprint density at radius 3 is 2.65 bits per heavy atom. The Kier molecular flexibility index (Phi) is 6.37. The molecule has 3 heterocycles. The van der Waals surface area contributed by atoms with Crippen LogP contribution in [-0.2, 0) is 11.3 Å². The highest BCUT2D eigenvalue weighted by molar-refractivity contribution is 5.77. The van der Waals surface area contributed by atoms with Gasteiger partial charge in [0.05, 0.1) is 24.1 Å². The van der Waals surface area contributed by atoms with Crippen LogP contribution in [0.3, 0.4) is 0 Å². The van der Waals surface area contributed by atoms with Gasteiger partial charge in [-0.15, -0.1) is 5.10 Å². The number of methoxy groups -OCH3 is 1. The number of tetrazole rings is 1. The molecular weight excluding hydrogens is 432 g/mol. The predicted octanol–water partition coefficient (Wildman–Crippen LogP) is 2.65. The number of aryl methyl sites for hydroxylation is 1. The first-order valence-corrected chi connectivity index (χ1v) is 11.5. The maximum absolute atomic E-state index is 13.7. The zero-order valence-corrected chi connectivity index (χ0v) is 19.4. The van der Waals surface area contributed by atoms with Crippen LogP contribution in [0.15, 0.2) is 64.0 Å². The van der Waals surface area contributed by atoms with E-state index in [1.165, 1.54) is 5.69 Å². The summed E-state index contributed by atoms with van der Waals surface area (Å²) in [4.78, 5) is 18.3. The molecule has 2 aromatic heterocycles. The molecule has 0 radical (unpaired) electrons. The van der Waals surface area contributed by atoms with E-state index >= 15 is 0 Å². The van der Waals surface area contributed by atoms with Crippen molar-refractivity contribution >= 4 is 16.7 Å². The largest absolute Gasteiger partial charge is 0.464 e. The van der Waals surface area contributed by atoms with Crippen molar-refractivity contribution in [2.45, 2.75) is 19.5 Å².